The van der Waals surface area contributed by atoms with Crippen molar-refractivity contribution in [2.75, 3.05) is 13.6 Å². The van der Waals surface area contributed by atoms with Crippen LogP contribution in [0.3, 0.4) is 0 Å². The van der Waals surface area contributed by atoms with E-state index in [2.05, 4.69) is 10.6 Å². The molecule has 0 aliphatic carbocycles. The topological polar surface area (TPSA) is 41.1 Å². The van der Waals surface area contributed by atoms with Gasteiger partial charge in [-0.05, 0) is 31.2 Å². The lowest BCUT2D eigenvalue weighted by Gasteiger charge is -2.17. The lowest BCUT2D eigenvalue weighted by Crippen LogP contribution is -2.30. The maximum Gasteiger partial charge on any atom is 0.221 e. The van der Waals surface area contributed by atoms with E-state index < -0.39 is 0 Å². The smallest absolute Gasteiger partial charge is 0.221 e. The Morgan fingerprint density at radius 1 is 1.44 bits per heavy atom. The van der Waals surface area contributed by atoms with Gasteiger partial charge in [0.2, 0.25) is 5.91 Å². The molecule has 0 aliphatic rings. The summed E-state index contributed by atoms with van der Waals surface area (Å²) in [6.07, 6.45) is 1.35. The quantitative estimate of drug-likeness (QED) is 0.846. The number of hydrogen-bond acceptors (Lipinski definition) is 2. The van der Waals surface area contributed by atoms with Gasteiger partial charge in [-0.25, -0.2) is 0 Å². The minimum atomic E-state index is 0. The summed E-state index contributed by atoms with van der Waals surface area (Å²) in [6, 6.07) is 7.66. The summed E-state index contributed by atoms with van der Waals surface area (Å²) in [6.45, 7) is 2.74. The Morgan fingerprint density at radius 2 is 2.17 bits per heavy atom. The largest absolute Gasteiger partial charge is 0.349 e. The van der Waals surface area contributed by atoms with E-state index in [1.54, 1.807) is 0 Å². The van der Waals surface area contributed by atoms with Gasteiger partial charge in [-0.3, -0.25) is 4.79 Å². The van der Waals surface area contributed by atoms with Crippen LogP contribution in [0, 0.1) is 0 Å². The van der Waals surface area contributed by atoms with Crippen LogP contribution in [-0.4, -0.2) is 19.5 Å². The highest BCUT2D eigenvalue weighted by Gasteiger charge is 2.12. The zero-order chi connectivity index (χ0) is 12.7. The predicted molar refractivity (Wildman–Crippen MR) is 78.4 cm³/mol. The fourth-order valence-corrected chi connectivity index (χ4v) is 1.85. The summed E-state index contributed by atoms with van der Waals surface area (Å²) in [5.74, 6) is 0.0613. The standard InChI is InChI=1S/C13H19ClN2O.ClH/c1-3-12(16-13(17)7-8-15-2)10-5-4-6-11(14)9-10;/h4-6,9,12,15H,3,7-8H2,1-2H3,(H,16,17);1H. The Labute approximate surface area is 120 Å². The van der Waals surface area contributed by atoms with Crippen LogP contribution in [-0.2, 0) is 4.79 Å². The molecule has 1 amide bonds. The Morgan fingerprint density at radius 3 is 2.72 bits per heavy atom. The lowest BCUT2D eigenvalue weighted by atomic mass is 10.0. The minimum Gasteiger partial charge on any atom is -0.349 e. The molecule has 0 fully saturated rings. The van der Waals surface area contributed by atoms with Crippen LogP contribution in [0.2, 0.25) is 5.02 Å². The first-order valence-corrected chi connectivity index (χ1v) is 6.24. The normalized spacial score (nSPS) is 11.5. The zero-order valence-corrected chi connectivity index (χ0v) is 12.3. The molecule has 0 radical (unpaired) electrons. The van der Waals surface area contributed by atoms with Crippen molar-refractivity contribution in [3.05, 3.63) is 34.9 Å². The lowest BCUT2D eigenvalue weighted by molar-refractivity contribution is -0.121. The third kappa shape index (κ3) is 5.71. The van der Waals surface area contributed by atoms with Gasteiger partial charge < -0.3 is 10.6 Å². The van der Waals surface area contributed by atoms with Gasteiger partial charge in [0.05, 0.1) is 6.04 Å². The second kappa shape index (κ2) is 9.20. The van der Waals surface area contributed by atoms with E-state index in [1.165, 1.54) is 0 Å². The summed E-state index contributed by atoms with van der Waals surface area (Å²) in [5, 5.41) is 6.66. The highest BCUT2D eigenvalue weighted by Crippen LogP contribution is 2.20. The number of rotatable bonds is 6. The Bertz CT molecular complexity index is 372. The number of nitrogens with one attached hydrogen (secondary N) is 2. The summed E-state index contributed by atoms with van der Waals surface area (Å²) >= 11 is 5.94. The highest BCUT2D eigenvalue weighted by molar-refractivity contribution is 6.30. The van der Waals surface area contributed by atoms with Gasteiger partial charge in [-0.15, -0.1) is 12.4 Å². The van der Waals surface area contributed by atoms with Gasteiger partial charge in [0.15, 0.2) is 0 Å². The van der Waals surface area contributed by atoms with E-state index in [0.29, 0.717) is 18.0 Å². The third-order valence-electron chi connectivity index (χ3n) is 2.60. The Balaban J connectivity index is 0.00000289. The molecule has 0 saturated heterocycles. The number of carbonyl (C=O) groups is 1. The minimum absolute atomic E-state index is 0. The Hall–Kier alpha value is -0.770. The van der Waals surface area contributed by atoms with Crippen molar-refractivity contribution in [1.29, 1.82) is 0 Å². The molecule has 0 heterocycles. The van der Waals surface area contributed by atoms with Crippen LogP contribution >= 0.6 is 24.0 Å². The molecule has 0 aliphatic heterocycles. The summed E-state index contributed by atoms with van der Waals surface area (Å²) in [5.41, 5.74) is 1.05. The molecule has 0 saturated carbocycles. The van der Waals surface area contributed by atoms with Gasteiger partial charge in [-0.1, -0.05) is 30.7 Å². The molecule has 102 valence electrons. The van der Waals surface area contributed by atoms with Crippen molar-refractivity contribution >= 4 is 29.9 Å². The number of halogens is 2. The maximum absolute atomic E-state index is 11.6. The first kappa shape index (κ1) is 17.2. The van der Waals surface area contributed by atoms with Crippen LogP contribution in [0.15, 0.2) is 24.3 Å². The second-order valence-electron chi connectivity index (χ2n) is 3.94. The molecule has 0 bridgehead atoms. The van der Waals surface area contributed by atoms with Gasteiger partial charge in [-0.2, -0.15) is 0 Å². The van der Waals surface area contributed by atoms with Crippen LogP contribution < -0.4 is 10.6 Å². The van der Waals surface area contributed by atoms with Crippen molar-refractivity contribution in [3.8, 4) is 0 Å². The van der Waals surface area contributed by atoms with Crippen molar-refractivity contribution < 1.29 is 4.79 Å². The van der Waals surface area contributed by atoms with Gasteiger partial charge in [0, 0.05) is 18.0 Å². The van der Waals surface area contributed by atoms with Crippen molar-refractivity contribution in [2.45, 2.75) is 25.8 Å². The molecule has 1 unspecified atom stereocenters. The van der Waals surface area contributed by atoms with Crippen molar-refractivity contribution in [3.63, 3.8) is 0 Å². The first-order chi connectivity index (χ1) is 8.17. The van der Waals surface area contributed by atoms with Gasteiger partial charge in [0.1, 0.15) is 0 Å². The van der Waals surface area contributed by atoms with Crippen LogP contribution in [0.1, 0.15) is 31.4 Å². The van der Waals surface area contributed by atoms with Crippen LogP contribution in [0.4, 0.5) is 0 Å². The summed E-state index contributed by atoms with van der Waals surface area (Å²) in [4.78, 5) is 11.6. The van der Waals surface area contributed by atoms with Gasteiger partial charge in [0.25, 0.3) is 0 Å². The average molecular weight is 291 g/mol. The van der Waals surface area contributed by atoms with Crippen LogP contribution in [0.25, 0.3) is 0 Å². The fraction of sp³-hybridized carbons (Fsp3) is 0.462. The molecule has 5 heteroatoms. The van der Waals surface area contributed by atoms with E-state index in [0.717, 1.165) is 12.0 Å². The van der Waals surface area contributed by atoms with Crippen molar-refractivity contribution in [2.24, 2.45) is 0 Å². The SMILES string of the molecule is CCC(NC(=O)CCNC)c1cccc(Cl)c1.Cl. The van der Waals surface area contributed by atoms with E-state index in [-0.39, 0.29) is 24.4 Å². The highest BCUT2D eigenvalue weighted by atomic mass is 35.5. The second-order valence-corrected chi connectivity index (χ2v) is 4.37. The number of amides is 1. The maximum atomic E-state index is 11.6. The molecule has 2 N–H and O–H groups in total. The van der Waals surface area contributed by atoms with E-state index in [9.17, 15) is 4.79 Å². The monoisotopic (exact) mass is 290 g/mol. The molecule has 1 atom stereocenters. The number of carbonyl (C=O) groups excluding carboxylic acids is 1. The van der Waals surface area contributed by atoms with Gasteiger partial charge >= 0.3 is 0 Å². The summed E-state index contributed by atoms with van der Waals surface area (Å²) in [7, 11) is 1.83. The fourth-order valence-electron chi connectivity index (χ4n) is 1.65. The molecular formula is C13H20Cl2N2O. The molecule has 3 nitrogen and oxygen atoms in total. The molecule has 0 spiro atoms. The predicted octanol–water partition coefficient (Wildman–Crippen LogP) is 2.94. The molecule has 1 aromatic carbocycles. The molecule has 1 rings (SSSR count). The van der Waals surface area contributed by atoms with E-state index >= 15 is 0 Å². The van der Waals surface area contributed by atoms with Crippen LogP contribution in [0.5, 0.6) is 0 Å². The van der Waals surface area contributed by atoms with Crippen molar-refractivity contribution in [1.82, 2.24) is 10.6 Å². The molecular weight excluding hydrogens is 271 g/mol. The molecule has 1 aromatic rings. The van der Waals surface area contributed by atoms with E-state index in [4.69, 9.17) is 11.6 Å². The number of benzene rings is 1. The molecule has 0 aromatic heterocycles. The zero-order valence-electron chi connectivity index (χ0n) is 10.7. The summed E-state index contributed by atoms with van der Waals surface area (Å²) < 4.78 is 0. The average Bonchev–Trinajstić information content (AvgIpc) is 2.33. The molecule has 18 heavy (non-hydrogen) atoms. The number of hydrogen-bond donors (Lipinski definition) is 2. The Kier molecular flexibility index (Phi) is 8.81. The first-order valence-electron chi connectivity index (χ1n) is 5.86. The third-order valence-corrected chi connectivity index (χ3v) is 2.83. The van der Waals surface area contributed by atoms with E-state index in [1.807, 2.05) is 38.2 Å².